The summed E-state index contributed by atoms with van der Waals surface area (Å²) in [6, 6.07) is 16.2. The number of benzene rings is 1. The van der Waals surface area contributed by atoms with Gasteiger partial charge >= 0.3 is 0 Å². The molecule has 1 aromatic carbocycles. The molecule has 0 spiro atoms. The van der Waals surface area contributed by atoms with Crippen molar-refractivity contribution in [3.8, 4) is 0 Å². The first-order valence-electron chi connectivity index (χ1n) is 9.93. The van der Waals surface area contributed by atoms with Crippen molar-refractivity contribution in [2.75, 3.05) is 19.7 Å². The van der Waals surface area contributed by atoms with E-state index in [9.17, 15) is 0 Å². The average molecular weight is 378 g/mol. The number of ether oxygens (including phenoxy) is 1. The largest absolute Gasteiger partial charge is 0.376 e. The maximum atomic E-state index is 5.72. The smallest absolute Gasteiger partial charge is 0.231 e. The van der Waals surface area contributed by atoms with E-state index < -0.39 is 0 Å². The lowest BCUT2D eigenvalue weighted by atomic mass is 9.98. The van der Waals surface area contributed by atoms with Crippen molar-refractivity contribution in [3.05, 3.63) is 77.7 Å². The number of likely N-dealkylation sites (tertiary alicyclic amines) is 1. The molecule has 1 atom stereocenters. The highest BCUT2D eigenvalue weighted by Gasteiger charge is 2.26. The zero-order valence-corrected chi connectivity index (χ0v) is 16.0. The van der Waals surface area contributed by atoms with Crippen LogP contribution < -0.4 is 0 Å². The molecule has 0 bridgehead atoms. The molecule has 2 aromatic heterocycles. The molecule has 1 unspecified atom stereocenters. The number of piperidine rings is 1. The van der Waals surface area contributed by atoms with Gasteiger partial charge in [0.1, 0.15) is 0 Å². The normalized spacial score (nSPS) is 17.6. The van der Waals surface area contributed by atoms with Crippen molar-refractivity contribution in [3.63, 3.8) is 0 Å². The van der Waals surface area contributed by atoms with Gasteiger partial charge in [-0.25, -0.2) is 0 Å². The second kappa shape index (κ2) is 9.57. The molecule has 0 aliphatic carbocycles. The highest BCUT2D eigenvalue weighted by molar-refractivity contribution is 5.13. The van der Waals surface area contributed by atoms with E-state index in [1.54, 1.807) is 0 Å². The molecule has 3 heterocycles. The molecule has 3 aromatic rings. The van der Waals surface area contributed by atoms with Crippen LogP contribution in [0.25, 0.3) is 0 Å². The third-order valence-electron chi connectivity index (χ3n) is 5.03. The first-order valence-corrected chi connectivity index (χ1v) is 9.93. The SMILES string of the molecule is c1ccc(COCCc2noc(C3CCCN(Cc4ccccn4)C3)n2)cc1. The van der Waals surface area contributed by atoms with Gasteiger partial charge < -0.3 is 9.26 Å². The summed E-state index contributed by atoms with van der Waals surface area (Å²) in [5.41, 5.74) is 2.27. The Hall–Kier alpha value is -2.57. The van der Waals surface area contributed by atoms with Crippen LogP contribution in [0.5, 0.6) is 0 Å². The molecule has 1 aliphatic heterocycles. The van der Waals surface area contributed by atoms with Crippen LogP contribution in [-0.4, -0.2) is 39.7 Å². The maximum Gasteiger partial charge on any atom is 0.231 e. The second-order valence-corrected chi connectivity index (χ2v) is 7.23. The predicted molar refractivity (Wildman–Crippen MR) is 106 cm³/mol. The highest BCUT2D eigenvalue weighted by atomic mass is 16.5. The van der Waals surface area contributed by atoms with Crippen LogP contribution in [0.4, 0.5) is 0 Å². The lowest BCUT2D eigenvalue weighted by Gasteiger charge is -2.30. The first-order chi connectivity index (χ1) is 13.9. The Bertz CT molecular complexity index is 838. The zero-order chi connectivity index (χ0) is 19.0. The second-order valence-electron chi connectivity index (χ2n) is 7.23. The van der Waals surface area contributed by atoms with E-state index in [0.29, 0.717) is 25.6 Å². The van der Waals surface area contributed by atoms with E-state index in [4.69, 9.17) is 9.26 Å². The van der Waals surface area contributed by atoms with Gasteiger partial charge in [0, 0.05) is 25.7 Å². The number of hydrogen-bond acceptors (Lipinski definition) is 6. The predicted octanol–water partition coefficient (Wildman–Crippen LogP) is 3.60. The summed E-state index contributed by atoms with van der Waals surface area (Å²) in [7, 11) is 0. The van der Waals surface area contributed by atoms with E-state index in [1.165, 1.54) is 5.56 Å². The van der Waals surface area contributed by atoms with Crippen LogP contribution in [0.15, 0.2) is 59.3 Å². The maximum absolute atomic E-state index is 5.72. The summed E-state index contributed by atoms with van der Waals surface area (Å²) < 4.78 is 11.3. The number of pyridine rings is 1. The van der Waals surface area contributed by atoms with E-state index in [1.807, 2.05) is 36.5 Å². The summed E-state index contributed by atoms with van der Waals surface area (Å²) in [6.45, 7) is 4.08. The van der Waals surface area contributed by atoms with Crippen LogP contribution in [0.1, 0.15) is 41.7 Å². The summed E-state index contributed by atoms with van der Waals surface area (Å²) in [4.78, 5) is 11.5. The molecule has 6 nitrogen and oxygen atoms in total. The van der Waals surface area contributed by atoms with Crippen LogP contribution >= 0.6 is 0 Å². The van der Waals surface area contributed by atoms with Gasteiger partial charge in [-0.1, -0.05) is 41.6 Å². The third kappa shape index (κ3) is 5.24. The summed E-state index contributed by atoms with van der Waals surface area (Å²) in [6.07, 6.45) is 4.74. The highest BCUT2D eigenvalue weighted by Crippen LogP contribution is 2.26. The van der Waals surface area contributed by atoms with Crippen LogP contribution in [0, 0.1) is 0 Å². The number of hydrogen-bond donors (Lipinski definition) is 0. The van der Waals surface area contributed by atoms with Gasteiger partial charge in [0.2, 0.25) is 5.89 Å². The lowest BCUT2D eigenvalue weighted by Crippen LogP contribution is -2.34. The Kier molecular flexibility index (Phi) is 6.42. The van der Waals surface area contributed by atoms with Crippen LogP contribution in [0.2, 0.25) is 0 Å². The monoisotopic (exact) mass is 378 g/mol. The van der Waals surface area contributed by atoms with E-state index in [2.05, 4.69) is 38.2 Å². The Labute approximate surface area is 165 Å². The topological polar surface area (TPSA) is 64.3 Å². The van der Waals surface area contributed by atoms with Crippen molar-refractivity contribution in [1.82, 2.24) is 20.0 Å². The molecule has 0 amide bonds. The van der Waals surface area contributed by atoms with E-state index in [-0.39, 0.29) is 0 Å². The summed E-state index contributed by atoms with van der Waals surface area (Å²) in [5, 5.41) is 4.15. The Morgan fingerprint density at radius 3 is 2.86 bits per heavy atom. The van der Waals surface area contributed by atoms with Gasteiger partial charge in [0.05, 0.1) is 24.8 Å². The molecule has 1 saturated heterocycles. The molecule has 0 radical (unpaired) electrons. The fourth-order valence-electron chi connectivity index (χ4n) is 3.58. The molecule has 4 rings (SSSR count). The number of rotatable bonds is 8. The van der Waals surface area contributed by atoms with Crippen molar-refractivity contribution in [2.45, 2.75) is 38.3 Å². The molecule has 1 aliphatic rings. The van der Waals surface area contributed by atoms with Gasteiger partial charge in [0.15, 0.2) is 5.82 Å². The molecular formula is C22H26N4O2. The zero-order valence-electron chi connectivity index (χ0n) is 16.0. The van der Waals surface area contributed by atoms with Gasteiger partial charge in [-0.15, -0.1) is 0 Å². The number of aromatic nitrogens is 3. The molecular weight excluding hydrogens is 352 g/mol. The average Bonchev–Trinajstić information content (AvgIpc) is 3.22. The van der Waals surface area contributed by atoms with Gasteiger partial charge in [-0.05, 0) is 37.1 Å². The molecule has 146 valence electrons. The minimum Gasteiger partial charge on any atom is -0.376 e. The fraction of sp³-hybridized carbons (Fsp3) is 0.409. The summed E-state index contributed by atoms with van der Waals surface area (Å²) in [5.74, 6) is 1.78. The third-order valence-corrected chi connectivity index (χ3v) is 5.03. The Morgan fingerprint density at radius 1 is 1.11 bits per heavy atom. The summed E-state index contributed by atoms with van der Waals surface area (Å²) >= 11 is 0. The minimum atomic E-state index is 0.295. The lowest BCUT2D eigenvalue weighted by molar-refractivity contribution is 0.122. The van der Waals surface area contributed by atoms with E-state index >= 15 is 0 Å². The van der Waals surface area contributed by atoms with Crippen molar-refractivity contribution < 1.29 is 9.26 Å². The van der Waals surface area contributed by atoms with Crippen LogP contribution in [0.3, 0.4) is 0 Å². The van der Waals surface area contributed by atoms with Crippen molar-refractivity contribution in [1.29, 1.82) is 0 Å². The van der Waals surface area contributed by atoms with Crippen LogP contribution in [-0.2, 0) is 24.3 Å². The van der Waals surface area contributed by atoms with Gasteiger partial charge in [-0.2, -0.15) is 4.98 Å². The Morgan fingerprint density at radius 2 is 2.00 bits per heavy atom. The molecule has 0 N–H and O–H groups in total. The first kappa shape index (κ1) is 18.8. The molecule has 1 fully saturated rings. The van der Waals surface area contributed by atoms with E-state index in [0.717, 1.165) is 49.9 Å². The fourth-order valence-corrected chi connectivity index (χ4v) is 3.58. The molecule has 6 heteroatoms. The number of nitrogens with zero attached hydrogens (tertiary/aromatic N) is 4. The quantitative estimate of drug-likeness (QED) is 0.558. The Balaban J connectivity index is 1.25. The molecule has 28 heavy (non-hydrogen) atoms. The van der Waals surface area contributed by atoms with Crippen molar-refractivity contribution in [2.24, 2.45) is 0 Å². The minimum absolute atomic E-state index is 0.295. The van der Waals surface area contributed by atoms with Crippen molar-refractivity contribution >= 4 is 0 Å². The van der Waals surface area contributed by atoms with Gasteiger partial charge in [-0.3, -0.25) is 9.88 Å². The molecule has 0 saturated carbocycles. The standard InChI is InChI=1S/C22H26N4O2/c1-2-7-18(8-3-1)17-27-14-11-21-24-22(28-25-21)19-9-6-13-26(15-19)16-20-10-4-5-12-23-20/h1-5,7-8,10,12,19H,6,9,11,13-17H2. The van der Waals surface area contributed by atoms with Gasteiger partial charge in [0.25, 0.3) is 0 Å².